The molecule has 0 bridgehead atoms. The molecule has 1 aromatic carbocycles. The van der Waals surface area contributed by atoms with E-state index >= 15 is 0 Å². The summed E-state index contributed by atoms with van der Waals surface area (Å²) >= 11 is 0. The largest absolute Gasteiger partial charge is 0.464 e. The number of ether oxygens (including phenoxy) is 1. The molecule has 2 aromatic heterocycles. The topological polar surface area (TPSA) is 40.2 Å². The lowest BCUT2D eigenvalue weighted by molar-refractivity contribution is 0.00657. The van der Waals surface area contributed by atoms with Gasteiger partial charge < -0.3 is 13.7 Å². The summed E-state index contributed by atoms with van der Waals surface area (Å²) in [5, 5.41) is 0. The zero-order valence-electron chi connectivity index (χ0n) is 13.2. The second-order valence-corrected chi connectivity index (χ2v) is 6.30. The van der Waals surface area contributed by atoms with Gasteiger partial charge in [-0.1, -0.05) is 24.3 Å². The van der Waals surface area contributed by atoms with E-state index in [1.807, 2.05) is 36.7 Å². The van der Waals surface area contributed by atoms with Crippen molar-refractivity contribution in [2.75, 3.05) is 6.61 Å². The van der Waals surface area contributed by atoms with Crippen molar-refractivity contribution in [3.63, 3.8) is 0 Å². The second kappa shape index (κ2) is 5.70. The summed E-state index contributed by atoms with van der Waals surface area (Å²) < 4.78 is 13.7. The molecule has 0 N–H and O–H groups in total. The summed E-state index contributed by atoms with van der Waals surface area (Å²) in [6.07, 6.45) is 7.80. The molecule has 4 rings (SSSR count). The molecule has 1 saturated heterocycles. The first-order valence-electron chi connectivity index (χ1n) is 8.04. The van der Waals surface area contributed by atoms with Crippen LogP contribution in [-0.2, 0) is 11.3 Å². The Morgan fingerprint density at radius 2 is 2.04 bits per heavy atom. The van der Waals surface area contributed by atoms with Gasteiger partial charge in [-0.25, -0.2) is 4.98 Å². The van der Waals surface area contributed by atoms with Crippen molar-refractivity contribution in [2.24, 2.45) is 0 Å². The van der Waals surface area contributed by atoms with Gasteiger partial charge in [0.15, 0.2) is 0 Å². The van der Waals surface area contributed by atoms with Crippen molar-refractivity contribution in [3.05, 3.63) is 55.1 Å². The summed E-state index contributed by atoms with van der Waals surface area (Å²) in [6.45, 7) is 3.85. The monoisotopic (exact) mass is 308 g/mol. The second-order valence-electron chi connectivity index (χ2n) is 6.30. The number of imidazole rings is 1. The van der Waals surface area contributed by atoms with Gasteiger partial charge in [-0.15, -0.1) is 0 Å². The van der Waals surface area contributed by atoms with E-state index in [1.165, 1.54) is 0 Å². The van der Waals surface area contributed by atoms with Gasteiger partial charge in [0.1, 0.15) is 11.6 Å². The van der Waals surface area contributed by atoms with E-state index in [0.717, 1.165) is 48.7 Å². The summed E-state index contributed by atoms with van der Waals surface area (Å²) in [5.74, 6) is 1.81. The Morgan fingerprint density at radius 1 is 1.17 bits per heavy atom. The molecule has 1 aliphatic rings. The molecule has 3 aromatic rings. The van der Waals surface area contributed by atoms with Gasteiger partial charge in [0, 0.05) is 30.1 Å². The van der Waals surface area contributed by atoms with Gasteiger partial charge in [0.2, 0.25) is 0 Å². The van der Waals surface area contributed by atoms with E-state index in [1.54, 1.807) is 6.26 Å². The summed E-state index contributed by atoms with van der Waals surface area (Å²) in [5.41, 5.74) is 2.03. The Hall–Kier alpha value is -2.33. The Morgan fingerprint density at radius 3 is 2.78 bits per heavy atom. The number of nitrogens with zero attached hydrogens (tertiary/aromatic N) is 2. The highest BCUT2D eigenvalue weighted by Gasteiger charge is 2.31. The van der Waals surface area contributed by atoms with Crippen molar-refractivity contribution in [2.45, 2.75) is 31.9 Å². The lowest BCUT2D eigenvalue weighted by atomic mass is 10.0. The van der Waals surface area contributed by atoms with Crippen LogP contribution in [0.3, 0.4) is 0 Å². The van der Waals surface area contributed by atoms with E-state index in [4.69, 9.17) is 9.15 Å². The number of aromatic nitrogens is 2. The fourth-order valence-corrected chi connectivity index (χ4v) is 3.33. The minimum absolute atomic E-state index is 0.102. The number of hydrogen-bond acceptors (Lipinski definition) is 3. The Bertz CT molecular complexity index is 783. The number of hydrogen-bond donors (Lipinski definition) is 0. The van der Waals surface area contributed by atoms with Crippen LogP contribution in [0.25, 0.3) is 22.7 Å². The van der Waals surface area contributed by atoms with Gasteiger partial charge in [-0.05, 0) is 31.9 Å². The number of rotatable bonds is 4. The van der Waals surface area contributed by atoms with E-state index < -0.39 is 0 Å². The molecule has 23 heavy (non-hydrogen) atoms. The summed E-state index contributed by atoms with van der Waals surface area (Å²) in [6, 6.07) is 12.1. The molecule has 4 heteroatoms. The van der Waals surface area contributed by atoms with Crippen LogP contribution in [0.15, 0.2) is 59.5 Å². The quantitative estimate of drug-likeness (QED) is 0.718. The SMILES string of the molecule is CC1(Cn2ccnc2-c2ccccc2-c2ccco2)CCCO1. The van der Waals surface area contributed by atoms with Crippen molar-refractivity contribution in [1.29, 1.82) is 0 Å². The molecule has 1 aliphatic heterocycles. The highest BCUT2D eigenvalue weighted by molar-refractivity contribution is 5.78. The summed E-state index contributed by atoms with van der Waals surface area (Å²) in [4.78, 5) is 4.60. The standard InChI is InChI=1S/C19H20N2O2/c1-19(9-5-13-23-19)14-21-11-10-20-18(21)16-7-3-2-6-15(16)17-8-4-12-22-17/h2-4,6-8,10-12H,5,9,13-14H2,1H3. The van der Waals surface area contributed by atoms with Gasteiger partial charge in [-0.2, -0.15) is 0 Å². The summed E-state index contributed by atoms with van der Waals surface area (Å²) in [7, 11) is 0. The molecule has 0 spiro atoms. The zero-order valence-corrected chi connectivity index (χ0v) is 13.2. The predicted molar refractivity (Wildman–Crippen MR) is 89.0 cm³/mol. The van der Waals surface area contributed by atoms with E-state index in [-0.39, 0.29) is 5.60 Å². The average Bonchev–Trinajstić information content (AvgIpc) is 3.29. The molecule has 1 fully saturated rings. The Kier molecular flexibility index (Phi) is 3.54. The van der Waals surface area contributed by atoms with Crippen molar-refractivity contribution in [3.8, 4) is 22.7 Å². The average molecular weight is 308 g/mol. The van der Waals surface area contributed by atoms with Crippen LogP contribution in [0.4, 0.5) is 0 Å². The normalized spacial score (nSPS) is 20.9. The lowest BCUT2D eigenvalue weighted by Crippen LogP contribution is -2.29. The fraction of sp³-hybridized carbons (Fsp3) is 0.316. The molecule has 1 atom stereocenters. The fourth-order valence-electron chi connectivity index (χ4n) is 3.33. The maximum Gasteiger partial charge on any atom is 0.140 e. The molecule has 3 heterocycles. The molecular formula is C19H20N2O2. The first-order chi connectivity index (χ1) is 11.3. The molecule has 1 unspecified atom stereocenters. The van der Waals surface area contributed by atoms with Crippen LogP contribution in [0.1, 0.15) is 19.8 Å². The number of benzene rings is 1. The maximum absolute atomic E-state index is 5.94. The third-order valence-electron chi connectivity index (χ3n) is 4.48. The van der Waals surface area contributed by atoms with Crippen molar-refractivity contribution >= 4 is 0 Å². The van der Waals surface area contributed by atoms with Crippen molar-refractivity contribution in [1.82, 2.24) is 9.55 Å². The van der Waals surface area contributed by atoms with Crippen LogP contribution in [-0.4, -0.2) is 21.8 Å². The van der Waals surface area contributed by atoms with Gasteiger partial charge in [0.25, 0.3) is 0 Å². The third kappa shape index (κ3) is 2.70. The van der Waals surface area contributed by atoms with Crippen LogP contribution >= 0.6 is 0 Å². The molecule has 0 amide bonds. The van der Waals surface area contributed by atoms with Crippen molar-refractivity contribution < 1.29 is 9.15 Å². The van der Waals surface area contributed by atoms with E-state index in [9.17, 15) is 0 Å². The molecular weight excluding hydrogens is 288 g/mol. The van der Waals surface area contributed by atoms with Gasteiger partial charge in [-0.3, -0.25) is 0 Å². The molecule has 0 saturated carbocycles. The third-order valence-corrected chi connectivity index (χ3v) is 4.48. The van der Waals surface area contributed by atoms with Crippen LogP contribution in [0, 0.1) is 0 Å². The highest BCUT2D eigenvalue weighted by atomic mass is 16.5. The minimum Gasteiger partial charge on any atom is -0.464 e. The van der Waals surface area contributed by atoms with Crippen LogP contribution in [0.2, 0.25) is 0 Å². The molecule has 0 radical (unpaired) electrons. The first-order valence-corrected chi connectivity index (χ1v) is 8.04. The zero-order chi connectivity index (χ0) is 15.7. The van der Waals surface area contributed by atoms with Gasteiger partial charge >= 0.3 is 0 Å². The van der Waals surface area contributed by atoms with Gasteiger partial charge in [0.05, 0.1) is 18.4 Å². The predicted octanol–water partition coefficient (Wildman–Crippen LogP) is 4.38. The first kappa shape index (κ1) is 14.3. The molecule has 0 aliphatic carbocycles. The van der Waals surface area contributed by atoms with E-state index in [2.05, 4.69) is 28.6 Å². The molecule has 4 nitrogen and oxygen atoms in total. The number of furan rings is 1. The smallest absolute Gasteiger partial charge is 0.140 e. The van der Waals surface area contributed by atoms with Crippen LogP contribution in [0.5, 0.6) is 0 Å². The minimum atomic E-state index is -0.102. The molecule has 118 valence electrons. The Balaban J connectivity index is 1.74. The van der Waals surface area contributed by atoms with E-state index in [0.29, 0.717) is 0 Å². The maximum atomic E-state index is 5.94. The Labute approximate surface area is 135 Å². The lowest BCUT2D eigenvalue weighted by Gasteiger charge is -2.24. The highest BCUT2D eigenvalue weighted by Crippen LogP contribution is 2.33. The van der Waals surface area contributed by atoms with Crippen LogP contribution < -0.4 is 0 Å².